The maximum absolute atomic E-state index is 10.7. The van der Waals surface area contributed by atoms with Crippen LogP contribution in [0.3, 0.4) is 0 Å². The number of hydrogen-bond donors (Lipinski definition) is 2. The van der Waals surface area contributed by atoms with Gasteiger partial charge in [0, 0.05) is 5.54 Å². The van der Waals surface area contributed by atoms with Crippen molar-refractivity contribution in [3.63, 3.8) is 0 Å². The Hall–Kier alpha value is 0.210. The number of unbranched alkanes of at least 4 members (excludes halogenated alkanes) is 30. The molecule has 3 N–H and O–H groups in total. The first-order valence-corrected chi connectivity index (χ1v) is 19.5. The molecule has 3 heteroatoms. The maximum atomic E-state index is 10.7. The van der Waals surface area contributed by atoms with E-state index in [1.54, 1.807) is 0 Å². The first kappa shape index (κ1) is 44.3. The standard InChI is InChI=1S/C39H81NO.ClH/c1-4-6-8-10-12-14-16-18-20-22-24-26-28-30-32-34-36-38(41)39(3,40)37-35-33-31-29-27-25-23-21-19-17-15-13-11-9-7-5-2;/h38,41H,4-37,40H2,1-3H3;1H. The summed E-state index contributed by atoms with van der Waals surface area (Å²) in [5.41, 5.74) is 6.13. The Labute approximate surface area is 273 Å². The van der Waals surface area contributed by atoms with E-state index < -0.39 is 5.54 Å². The average molecular weight is 617 g/mol. The molecule has 0 aromatic heterocycles. The van der Waals surface area contributed by atoms with Crippen molar-refractivity contribution in [2.45, 2.75) is 251 Å². The molecule has 0 aliphatic carbocycles. The molecule has 2 atom stereocenters. The van der Waals surface area contributed by atoms with Crippen LogP contribution < -0.4 is 5.73 Å². The quantitative estimate of drug-likeness (QED) is 0.0696. The lowest BCUT2D eigenvalue weighted by Gasteiger charge is -2.30. The van der Waals surface area contributed by atoms with Gasteiger partial charge in [0.1, 0.15) is 0 Å². The van der Waals surface area contributed by atoms with Crippen LogP contribution in [0.2, 0.25) is 0 Å². The maximum Gasteiger partial charge on any atom is 0.0716 e. The Morgan fingerprint density at radius 2 is 0.619 bits per heavy atom. The summed E-state index contributed by atoms with van der Waals surface area (Å²) < 4.78 is 0. The lowest BCUT2D eigenvalue weighted by Crippen LogP contribution is -2.48. The molecule has 0 fully saturated rings. The van der Waals surface area contributed by atoms with Gasteiger partial charge < -0.3 is 10.8 Å². The first-order chi connectivity index (χ1) is 20.0. The molecule has 2 nitrogen and oxygen atoms in total. The van der Waals surface area contributed by atoms with Crippen LogP contribution in [-0.4, -0.2) is 16.7 Å². The number of aliphatic hydroxyl groups excluding tert-OH is 1. The lowest BCUT2D eigenvalue weighted by atomic mass is 9.86. The average Bonchev–Trinajstić information content (AvgIpc) is 2.96. The van der Waals surface area contributed by atoms with Gasteiger partial charge in [0.05, 0.1) is 6.10 Å². The third kappa shape index (κ3) is 33.1. The number of halogens is 1. The fourth-order valence-corrected chi connectivity index (χ4v) is 6.44. The minimum Gasteiger partial charge on any atom is -0.391 e. The fourth-order valence-electron chi connectivity index (χ4n) is 6.44. The summed E-state index contributed by atoms with van der Waals surface area (Å²) in [5.74, 6) is 0. The smallest absolute Gasteiger partial charge is 0.0716 e. The molecule has 0 aromatic carbocycles. The molecule has 256 valence electrons. The minimum absolute atomic E-state index is 0. The Balaban J connectivity index is 0. The molecule has 0 aliphatic rings. The van der Waals surface area contributed by atoms with Crippen LogP contribution in [0.1, 0.15) is 239 Å². The van der Waals surface area contributed by atoms with Crippen LogP contribution in [-0.2, 0) is 0 Å². The highest BCUT2D eigenvalue weighted by molar-refractivity contribution is 5.85. The summed E-state index contributed by atoms with van der Waals surface area (Å²) in [6.07, 6.45) is 46.1. The van der Waals surface area contributed by atoms with Gasteiger partial charge >= 0.3 is 0 Å². The van der Waals surface area contributed by atoms with Gasteiger partial charge in [-0.15, -0.1) is 12.4 Å². The summed E-state index contributed by atoms with van der Waals surface area (Å²) in [6, 6.07) is 0. The van der Waals surface area contributed by atoms with Crippen molar-refractivity contribution in [2.24, 2.45) is 5.73 Å². The summed E-state index contributed by atoms with van der Waals surface area (Å²) in [4.78, 5) is 0. The van der Waals surface area contributed by atoms with Crippen LogP contribution in [0.4, 0.5) is 0 Å². The molecule has 0 saturated heterocycles. The molecule has 0 aliphatic heterocycles. The molecule has 0 spiro atoms. The molecule has 0 radical (unpaired) electrons. The summed E-state index contributed by atoms with van der Waals surface area (Å²) in [5, 5.41) is 10.7. The molecule has 0 rings (SSSR count). The molecule has 0 saturated carbocycles. The van der Waals surface area contributed by atoms with Gasteiger partial charge in [-0.25, -0.2) is 0 Å². The second kappa shape index (κ2) is 35.7. The monoisotopic (exact) mass is 616 g/mol. The highest BCUT2D eigenvalue weighted by Gasteiger charge is 2.27. The van der Waals surface area contributed by atoms with E-state index in [1.165, 1.54) is 199 Å². The molecule has 0 bridgehead atoms. The van der Waals surface area contributed by atoms with E-state index in [2.05, 4.69) is 20.8 Å². The van der Waals surface area contributed by atoms with Gasteiger partial charge in [-0.05, 0) is 19.8 Å². The van der Waals surface area contributed by atoms with Crippen molar-refractivity contribution < 1.29 is 5.11 Å². The molecule has 42 heavy (non-hydrogen) atoms. The van der Waals surface area contributed by atoms with Gasteiger partial charge in [-0.3, -0.25) is 0 Å². The molecule has 2 unspecified atom stereocenters. The second-order valence-corrected chi connectivity index (χ2v) is 14.2. The fraction of sp³-hybridized carbons (Fsp3) is 1.00. The summed E-state index contributed by atoms with van der Waals surface area (Å²) >= 11 is 0. The third-order valence-corrected chi connectivity index (χ3v) is 9.66. The number of hydrogen-bond acceptors (Lipinski definition) is 2. The Bertz CT molecular complexity index is 483. The van der Waals surface area contributed by atoms with E-state index >= 15 is 0 Å². The Kier molecular flexibility index (Phi) is 37.7. The van der Waals surface area contributed by atoms with Crippen LogP contribution in [0.5, 0.6) is 0 Å². The van der Waals surface area contributed by atoms with Crippen LogP contribution in [0, 0.1) is 0 Å². The van der Waals surface area contributed by atoms with Crippen LogP contribution in [0.15, 0.2) is 0 Å². The van der Waals surface area contributed by atoms with Crippen molar-refractivity contribution >= 4 is 12.4 Å². The highest BCUT2D eigenvalue weighted by atomic mass is 35.5. The van der Waals surface area contributed by atoms with Gasteiger partial charge in [-0.1, -0.05) is 219 Å². The number of aliphatic hydroxyl groups is 1. The van der Waals surface area contributed by atoms with Crippen molar-refractivity contribution in [1.82, 2.24) is 0 Å². The minimum atomic E-state index is -0.411. The topological polar surface area (TPSA) is 46.2 Å². The van der Waals surface area contributed by atoms with Gasteiger partial charge in [-0.2, -0.15) is 0 Å². The second-order valence-electron chi connectivity index (χ2n) is 14.2. The van der Waals surface area contributed by atoms with E-state index in [9.17, 15) is 5.11 Å². The van der Waals surface area contributed by atoms with Crippen molar-refractivity contribution in [1.29, 1.82) is 0 Å². The zero-order chi connectivity index (χ0) is 30.1. The zero-order valence-corrected chi connectivity index (χ0v) is 30.4. The van der Waals surface area contributed by atoms with Crippen molar-refractivity contribution in [2.75, 3.05) is 0 Å². The normalized spacial score (nSPS) is 13.6. The van der Waals surface area contributed by atoms with Crippen molar-refractivity contribution in [3.8, 4) is 0 Å². The Morgan fingerprint density at radius 1 is 0.405 bits per heavy atom. The highest BCUT2D eigenvalue weighted by Crippen LogP contribution is 2.22. The van der Waals surface area contributed by atoms with Gasteiger partial charge in [0.2, 0.25) is 0 Å². The van der Waals surface area contributed by atoms with Crippen molar-refractivity contribution in [3.05, 3.63) is 0 Å². The Morgan fingerprint density at radius 3 is 0.881 bits per heavy atom. The van der Waals surface area contributed by atoms with Gasteiger partial charge in [0.25, 0.3) is 0 Å². The first-order valence-electron chi connectivity index (χ1n) is 19.5. The summed E-state index contributed by atoms with van der Waals surface area (Å²) in [6.45, 7) is 6.67. The predicted octanol–water partition coefficient (Wildman–Crippen LogP) is 13.8. The zero-order valence-electron chi connectivity index (χ0n) is 29.6. The third-order valence-electron chi connectivity index (χ3n) is 9.66. The summed E-state index contributed by atoms with van der Waals surface area (Å²) in [7, 11) is 0. The molecular formula is C39H82ClNO. The molecule has 0 aromatic rings. The predicted molar refractivity (Wildman–Crippen MR) is 194 cm³/mol. The molecule has 0 amide bonds. The SMILES string of the molecule is CCCCCCCCCCCCCCCCCCC(O)C(C)(N)CCCCCCCCCCCCCCCCCC.Cl. The molecule has 0 heterocycles. The van der Waals surface area contributed by atoms with Crippen LogP contribution in [0.25, 0.3) is 0 Å². The lowest BCUT2D eigenvalue weighted by molar-refractivity contribution is 0.0763. The van der Waals surface area contributed by atoms with Gasteiger partial charge in [0.15, 0.2) is 0 Å². The number of rotatable bonds is 35. The van der Waals surface area contributed by atoms with E-state index in [0.29, 0.717) is 0 Å². The largest absolute Gasteiger partial charge is 0.391 e. The number of nitrogens with two attached hydrogens (primary N) is 1. The van der Waals surface area contributed by atoms with E-state index in [0.717, 1.165) is 19.3 Å². The van der Waals surface area contributed by atoms with Crippen LogP contribution >= 0.6 is 12.4 Å². The van der Waals surface area contributed by atoms with E-state index in [4.69, 9.17) is 5.73 Å². The van der Waals surface area contributed by atoms with E-state index in [-0.39, 0.29) is 18.5 Å². The van der Waals surface area contributed by atoms with E-state index in [1.807, 2.05) is 0 Å². The molecular weight excluding hydrogens is 534 g/mol.